The zero-order valence-corrected chi connectivity index (χ0v) is 42.6. The third-order valence-corrected chi connectivity index (χ3v) is 16.7. The van der Waals surface area contributed by atoms with Crippen molar-refractivity contribution in [3.63, 3.8) is 0 Å². The molecule has 0 spiro atoms. The van der Waals surface area contributed by atoms with Crippen LogP contribution in [0.4, 0.5) is 17.1 Å². The average molecular weight is 1030 g/mol. The molecule has 0 N–H and O–H groups in total. The number of para-hydroxylation sites is 3. The first-order valence-electron chi connectivity index (χ1n) is 25.3. The number of furan rings is 2. The van der Waals surface area contributed by atoms with Gasteiger partial charge in [-0.3, -0.25) is 4.79 Å². The molecule has 0 radical (unpaired) electrons. The normalized spacial score (nSPS) is 12.1. The summed E-state index contributed by atoms with van der Waals surface area (Å²) >= 11 is 3.70. The van der Waals surface area contributed by atoms with E-state index in [9.17, 15) is 4.79 Å². The Morgan fingerprint density at radius 1 is 0.390 bits per heavy atom. The minimum Gasteiger partial charge on any atom is -0.456 e. The number of hydrogen-bond acceptors (Lipinski definition) is 9. The number of nitrogens with zero attached hydrogens (tertiary/aromatic N) is 4. The van der Waals surface area contributed by atoms with E-state index in [1.165, 1.54) is 46.4 Å². The summed E-state index contributed by atoms with van der Waals surface area (Å²) in [7, 11) is 0. The molecule has 0 saturated heterocycles. The fourth-order valence-corrected chi connectivity index (χ4v) is 13.4. The molecule has 362 valence electrons. The first-order chi connectivity index (χ1) is 38.1. The number of carbonyl (C=O) groups is 1. The lowest BCUT2D eigenvalue weighted by atomic mass is 9.94. The SMILES string of the molecule is O=C/C=C\C=C\c1cc(-c2nc(-c3ccc4c(c3)oc3ccccc34)nc(-c3ccc4c(c3)oc3ccccc34)n2)cc(-c2ccccc2)c1N(c1ccccc1)c1ccc2c(c1)sc1c2ccc2sc3ccccc3c21. The molecule has 0 fully saturated rings. The molecule has 9 heteroatoms. The van der Waals surface area contributed by atoms with Gasteiger partial charge in [0.05, 0.1) is 5.69 Å². The van der Waals surface area contributed by atoms with E-state index in [1.54, 1.807) is 6.08 Å². The maximum absolute atomic E-state index is 11.7. The van der Waals surface area contributed by atoms with Crippen molar-refractivity contribution in [2.45, 2.75) is 0 Å². The molecule has 10 aromatic carbocycles. The van der Waals surface area contributed by atoms with E-state index in [0.29, 0.717) is 17.5 Å². The van der Waals surface area contributed by atoms with Gasteiger partial charge in [0, 0.05) is 95.5 Å². The highest BCUT2D eigenvalue weighted by Crippen LogP contribution is 2.49. The van der Waals surface area contributed by atoms with Crippen LogP contribution in [0.2, 0.25) is 0 Å². The second-order valence-electron chi connectivity index (χ2n) is 19.0. The lowest BCUT2D eigenvalue weighted by Crippen LogP contribution is -2.13. The number of anilines is 3. The number of aromatic nitrogens is 3. The topological polar surface area (TPSA) is 85.3 Å². The van der Waals surface area contributed by atoms with Crippen molar-refractivity contribution in [3.05, 3.63) is 236 Å². The molecule has 0 bridgehead atoms. The summed E-state index contributed by atoms with van der Waals surface area (Å²) in [4.78, 5) is 30.0. The second-order valence-corrected chi connectivity index (χ2v) is 21.1. The number of hydrogen-bond donors (Lipinski definition) is 0. The number of carbonyl (C=O) groups excluding carboxylic acids is 1. The van der Waals surface area contributed by atoms with Gasteiger partial charge in [-0.05, 0) is 102 Å². The van der Waals surface area contributed by atoms with Gasteiger partial charge in [-0.15, -0.1) is 22.7 Å². The predicted octanol–water partition coefficient (Wildman–Crippen LogP) is 19.3. The van der Waals surface area contributed by atoms with Crippen molar-refractivity contribution >= 4 is 136 Å². The standard InChI is InChI=1S/C68H40N4O3S2/c73-35-15-3-6-18-42-36-45(68-70-66(43-27-30-50-48-21-9-12-24-56(48)74-58(50)38-43)69-67(71-68)44-28-31-51-49-22-10-13-25-57(49)75-59(51)39-44)37-55(41-16-4-1-5-17-41)64(42)72(46-19-7-2-8-20-46)47-29-32-52-53-33-34-61-63(65(53)77-62(52)40-47)54-23-11-14-26-60(54)76-61/h1-40H/b15-3-,18-6+. The van der Waals surface area contributed by atoms with Crippen molar-refractivity contribution in [3.8, 4) is 45.3 Å². The van der Waals surface area contributed by atoms with Crippen LogP contribution in [0.25, 0.3) is 136 Å². The highest BCUT2D eigenvalue weighted by molar-refractivity contribution is 7.29. The van der Waals surface area contributed by atoms with Gasteiger partial charge in [0.15, 0.2) is 17.5 Å². The molecular formula is C68H40N4O3S2. The van der Waals surface area contributed by atoms with Gasteiger partial charge in [-0.25, -0.2) is 15.0 Å². The molecule has 0 aliphatic heterocycles. The quantitative estimate of drug-likeness (QED) is 0.0766. The molecule has 0 aliphatic rings. The number of aldehydes is 1. The van der Waals surface area contributed by atoms with Gasteiger partial charge >= 0.3 is 0 Å². The average Bonchev–Trinajstić information content (AvgIpc) is 4.35. The molecule has 15 aromatic rings. The molecule has 0 atom stereocenters. The molecule has 15 rings (SSSR count). The van der Waals surface area contributed by atoms with E-state index in [0.717, 1.165) is 101 Å². The smallest absolute Gasteiger partial charge is 0.164 e. The van der Waals surface area contributed by atoms with Gasteiger partial charge in [-0.2, -0.15) is 0 Å². The van der Waals surface area contributed by atoms with E-state index in [4.69, 9.17) is 23.8 Å². The Morgan fingerprint density at radius 3 is 1.66 bits per heavy atom. The van der Waals surface area contributed by atoms with Crippen LogP contribution in [0.15, 0.2) is 239 Å². The summed E-state index contributed by atoms with van der Waals surface area (Å²) in [5.74, 6) is 1.46. The van der Waals surface area contributed by atoms with Crippen molar-refractivity contribution in [2.75, 3.05) is 4.90 Å². The maximum Gasteiger partial charge on any atom is 0.164 e. The van der Waals surface area contributed by atoms with Crippen molar-refractivity contribution in [1.29, 1.82) is 0 Å². The molecule has 7 nitrogen and oxygen atoms in total. The Hall–Kier alpha value is -9.80. The Morgan fingerprint density at radius 2 is 0.974 bits per heavy atom. The van der Waals surface area contributed by atoms with Crippen LogP contribution >= 0.6 is 22.7 Å². The van der Waals surface area contributed by atoms with Crippen molar-refractivity contribution in [2.24, 2.45) is 0 Å². The van der Waals surface area contributed by atoms with Gasteiger partial charge in [0.25, 0.3) is 0 Å². The minimum absolute atomic E-state index is 0.478. The van der Waals surface area contributed by atoms with Crippen LogP contribution in [0, 0.1) is 0 Å². The van der Waals surface area contributed by atoms with Crippen molar-refractivity contribution < 1.29 is 13.6 Å². The second kappa shape index (κ2) is 18.2. The highest BCUT2D eigenvalue weighted by Gasteiger charge is 2.25. The van der Waals surface area contributed by atoms with Gasteiger partial charge in [0.1, 0.15) is 28.6 Å². The van der Waals surface area contributed by atoms with E-state index in [1.807, 2.05) is 89.4 Å². The fourth-order valence-electron chi connectivity index (χ4n) is 10.9. The monoisotopic (exact) mass is 1020 g/mol. The molecular weight excluding hydrogens is 985 g/mol. The van der Waals surface area contributed by atoms with Crippen LogP contribution in [0.1, 0.15) is 5.56 Å². The Bertz CT molecular complexity index is 4780. The molecule has 5 aromatic heterocycles. The molecule has 77 heavy (non-hydrogen) atoms. The Labute approximate surface area is 448 Å². The van der Waals surface area contributed by atoms with Gasteiger partial charge in [-0.1, -0.05) is 146 Å². The van der Waals surface area contributed by atoms with Gasteiger partial charge in [0.2, 0.25) is 0 Å². The summed E-state index contributed by atoms with van der Waals surface area (Å²) in [5, 5.41) is 9.20. The number of benzene rings is 10. The molecule has 5 heterocycles. The van der Waals surface area contributed by atoms with E-state index in [2.05, 4.69) is 163 Å². The van der Waals surface area contributed by atoms with Crippen LogP contribution < -0.4 is 4.90 Å². The highest BCUT2D eigenvalue weighted by atomic mass is 32.1. The Kier molecular flexibility index (Phi) is 10.6. The third-order valence-electron chi connectivity index (χ3n) is 14.4. The van der Waals surface area contributed by atoms with Crippen molar-refractivity contribution in [1.82, 2.24) is 15.0 Å². The number of fused-ring (bicyclic) bond motifs is 13. The third kappa shape index (κ3) is 7.62. The summed E-state index contributed by atoms with van der Waals surface area (Å²) in [6.07, 6.45) is 8.03. The maximum atomic E-state index is 11.7. The fraction of sp³-hybridized carbons (Fsp3) is 0. The van der Waals surface area contributed by atoms with Crippen LogP contribution in [0.5, 0.6) is 0 Å². The van der Waals surface area contributed by atoms with Crippen LogP contribution in [-0.2, 0) is 4.79 Å². The summed E-state index contributed by atoms with van der Waals surface area (Å²) < 4.78 is 17.9. The largest absolute Gasteiger partial charge is 0.456 e. The summed E-state index contributed by atoms with van der Waals surface area (Å²) in [6, 6.07) is 73.9. The van der Waals surface area contributed by atoms with E-state index in [-0.39, 0.29) is 0 Å². The van der Waals surface area contributed by atoms with E-state index >= 15 is 0 Å². The predicted molar refractivity (Wildman–Crippen MR) is 321 cm³/mol. The lowest BCUT2D eigenvalue weighted by molar-refractivity contribution is -0.104. The number of thiophene rings is 2. The molecule has 0 saturated carbocycles. The first kappa shape index (κ1) is 44.7. The van der Waals surface area contributed by atoms with Crippen LogP contribution in [-0.4, -0.2) is 21.2 Å². The first-order valence-corrected chi connectivity index (χ1v) is 27.0. The lowest BCUT2D eigenvalue weighted by Gasteiger charge is -2.30. The zero-order valence-electron chi connectivity index (χ0n) is 40.9. The van der Waals surface area contributed by atoms with E-state index < -0.39 is 0 Å². The Balaban J connectivity index is 0.969. The molecule has 0 aliphatic carbocycles. The van der Waals surface area contributed by atoms with Gasteiger partial charge < -0.3 is 13.7 Å². The minimum atomic E-state index is 0.478. The summed E-state index contributed by atoms with van der Waals surface area (Å²) in [6.45, 7) is 0. The number of allylic oxidation sites excluding steroid dienone is 3. The van der Waals surface area contributed by atoms with Crippen LogP contribution in [0.3, 0.4) is 0 Å². The number of rotatable bonds is 10. The molecule has 0 unspecified atom stereocenters. The summed E-state index contributed by atoms with van der Waals surface area (Å²) in [5.41, 5.74) is 11.2. The zero-order chi connectivity index (χ0) is 51.0. The molecule has 0 amide bonds.